The standard InChI is InChI=1S/C18H23NO3.Na/c1-13(18(20)21)12-16-6-8-17(9-7-16)22-11-10-19-14(2)4-5-15(19)3;/h4-9,13H,10-12H2,1-3H3,(H,20,21);/q;+1/p-1/t13-;/m0./s1. The fraction of sp³-hybridized carbons (Fsp3) is 0.389. The van der Waals surface area contributed by atoms with Crippen LogP contribution >= 0.6 is 0 Å². The van der Waals surface area contributed by atoms with Crippen LogP contribution in [0, 0.1) is 19.8 Å². The number of carboxylic acids is 1. The molecule has 1 atom stereocenters. The molecule has 0 aliphatic heterocycles. The van der Waals surface area contributed by atoms with Gasteiger partial charge in [0.05, 0.1) is 6.54 Å². The van der Waals surface area contributed by atoms with Crippen LogP contribution in [0.4, 0.5) is 0 Å². The fourth-order valence-corrected chi connectivity index (χ4v) is 2.47. The van der Waals surface area contributed by atoms with Crippen LogP contribution in [0.5, 0.6) is 5.75 Å². The maximum absolute atomic E-state index is 10.7. The Morgan fingerprint density at radius 2 is 1.70 bits per heavy atom. The van der Waals surface area contributed by atoms with E-state index < -0.39 is 11.9 Å². The van der Waals surface area contributed by atoms with Gasteiger partial charge in [-0.2, -0.15) is 0 Å². The summed E-state index contributed by atoms with van der Waals surface area (Å²) in [5.74, 6) is -0.698. The van der Waals surface area contributed by atoms with Crippen LogP contribution in [-0.2, 0) is 17.8 Å². The zero-order valence-corrected chi connectivity index (χ0v) is 16.3. The first-order valence-electron chi connectivity index (χ1n) is 7.52. The van der Waals surface area contributed by atoms with Gasteiger partial charge in [0, 0.05) is 17.4 Å². The van der Waals surface area contributed by atoms with Gasteiger partial charge in [-0.1, -0.05) is 19.1 Å². The molecule has 0 aliphatic rings. The van der Waals surface area contributed by atoms with Gasteiger partial charge in [-0.3, -0.25) is 0 Å². The van der Waals surface area contributed by atoms with Gasteiger partial charge >= 0.3 is 29.6 Å². The van der Waals surface area contributed by atoms with Crippen molar-refractivity contribution in [1.82, 2.24) is 4.57 Å². The zero-order chi connectivity index (χ0) is 16.1. The van der Waals surface area contributed by atoms with Gasteiger partial charge < -0.3 is 19.2 Å². The monoisotopic (exact) mass is 323 g/mol. The number of hydrogen-bond acceptors (Lipinski definition) is 3. The van der Waals surface area contributed by atoms with Crippen LogP contribution in [0.25, 0.3) is 0 Å². The van der Waals surface area contributed by atoms with E-state index in [9.17, 15) is 9.90 Å². The van der Waals surface area contributed by atoms with Gasteiger partial charge in [0.15, 0.2) is 0 Å². The Balaban J connectivity index is 0.00000264. The second-order valence-electron chi connectivity index (χ2n) is 5.68. The van der Waals surface area contributed by atoms with Crippen LogP contribution in [-0.4, -0.2) is 17.1 Å². The van der Waals surface area contributed by atoms with Crippen LogP contribution in [0.1, 0.15) is 23.9 Å². The Labute approximate surface area is 159 Å². The number of aromatic nitrogens is 1. The van der Waals surface area contributed by atoms with Gasteiger partial charge in [-0.15, -0.1) is 0 Å². The number of carbonyl (C=O) groups is 1. The van der Waals surface area contributed by atoms with Gasteiger partial charge in [-0.25, -0.2) is 0 Å². The second kappa shape index (κ2) is 9.16. The number of carboxylic acid groups (broad SMARTS) is 1. The topological polar surface area (TPSA) is 54.3 Å². The molecule has 0 spiro atoms. The second-order valence-corrected chi connectivity index (χ2v) is 5.68. The maximum atomic E-state index is 10.7. The van der Waals surface area contributed by atoms with E-state index in [0.717, 1.165) is 17.9 Å². The number of hydrogen-bond donors (Lipinski definition) is 0. The molecule has 4 nitrogen and oxygen atoms in total. The number of aryl methyl sites for hydroxylation is 2. The molecule has 0 amide bonds. The average molecular weight is 323 g/mol. The molecule has 0 bridgehead atoms. The SMILES string of the molecule is Cc1ccc(C)n1CCOc1ccc(C[C@H](C)C(=O)[O-])cc1.[Na+]. The Hall–Kier alpha value is -1.23. The van der Waals surface area contributed by atoms with E-state index in [4.69, 9.17) is 4.74 Å². The molecule has 0 unspecified atom stereocenters. The molecule has 1 aromatic heterocycles. The number of benzene rings is 1. The first-order chi connectivity index (χ1) is 10.5. The molecule has 2 aromatic rings. The number of nitrogens with zero attached hydrogens (tertiary/aromatic N) is 1. The van der Waals surface area contributed by atoms with Crippen molar-refractivity contribution in [1.29, 1.82) is 0 Å². The van der Waals surface area contributed by atoms with Gasteiger partial charge in [0.25, 0.3) is 0 Å². The first-order valence-corrected chi connectivity index (χ1v) is 7.52. The number of rotatable bonds is 7. The molecule has 0 saturated carbocycles. The third-order valence-corrected chi connectivity index (χ3v) is 3.87. The minimum atomic E-state index is -1.02. The number of ether oxygens (including phenoxy) is 1. The van der Waals surface area contributed by atoms with E-state index in [0.29, 0.717) is 13.0 Å². The Morgan fingerprint density at radius 3 is 2.22 bits per heavy atom. The van der Waals surface area contributed by atoms with Crippen molar-refractivity contribution in [2.75, 3.05) is 6.61 Å². The van der Waals surface area contributed by atoms with Crippen molar-refractivity contribution < 1.29 is 44.2 Å². The summed E-state index contributed by atoms with van der Waals surface area (Å²) in [5.41, 5.74) is 3.43. The zero-order valence-electron chi connectivity index (χ0n) is 14.3. The predicted molar refractivity (Wildman–Crippen MR) is 83.7 cm³/mol. The quantitative estimate of drug-likeness (QED) is 0.622. The molecular formula is C18H22NNaO3. The maximum Gasteiger partial charge on any atom is 1.00 e. The third kappa shape index (κ3) is 5.72. The van der Waals surface area contributed by atoms with E-state index in [1.165, 1.54) is 11.4 Å². The Bertz CT molecular complexity index is 615. The fourth-order valence-electron chi connectivity index (χ4n) is 2.47. The number of carbonyl (C=O) groups excluding carboxylic acids is 1. The first kappa shape index (κ1) is 19.8. The normalized spacial score (nSPS) is 11.6. The van der Waals surface area contributed by atoms with E-state index in [1.807, 2.05) is 24.3 Å². The van der Waals surface area contributed by atoms with Crippen molar-refractivity contribution in [3.8, 4) is 5.75 Å². The van der Waals surface area contributed by atoms with Crippen molar-refractivity contribution in [2.45, 2.75) is 33.7 Å². The van der Waals surface area contributed by atoms with Crippen LogP contribution in [0.3, 0.4) is 0 Å². The van der Waals surface area contributed by atoms with E-state index in [-0.39, 0.29) is 29.6 Å². The summed E-state index contributed by atoms with van der Waals surface area (Å²) in [6.07, 6.45) is 0.477. The predicted octanol–water partition coefficient (Wildman–Crippen LogP) is -0.884. The summed E-state index contributed by atoms with van der Waals surface area (Å²) >= 11 is 0. The minimum Gasteiger partial charge on any atom is -0.550 e. The molecule has 0 radical (unpaired) electrons. The molecule has 118 valence electrons. The molecule has 0 fully saturated rings. The summed E-state index contributed by atoms with van der Waals surface area (Å²) in [7, 11) is 0. The largest absolute Gasteiger partial charge is 1.00 e. The summed E-state index contributed by atoms with van der Waals surface area (Å²) in [6, 6.07) is 11.8. The molecule has 5 heteroatoms. The summed E-state index contributed by atoms with van der Waals surface area (Å²) in [4.78, 5) is 10.7. The van der Waals surface area contributed by atoms with Crippen LogP contribution < -0.4 is 39.4 Å². The van der Waals surface area contributed by atoms with E-state index in [1.54, 1.807) is 6.92 Å². The molecular weight excluding hydrogens is 301 g/mol. The Morgan fingerprint density at radius 1 is 1.13 bits per heavy atom. The summed E-state index contributed by atoms with van der Waals surface area (Å²) in [5, 5.41) is 10.7. The van der Waals surface area contributed by atoms with Crippen LogP contribution in [0.15, 0.2) is 36.4 Å². The van der Waals surface area contributed by atoms with Crippen molar-refractivity contribution >= 4 is 5.97 Å². The van der Waals surface area contributed by atoms with E-state index in [2.05, 4.69) is 30.5 Å². The van der Waals surface area contributed by atoms with Gasteiger partial charge in [0.1, 0.15) is 12.4 Å². The average Bonchev–Trinajstić information content (AvgIpc) is 2.80. The molecule has 0 saturated heterocycles. The van der Waals surface area contributed by atoms with Gasteiger partial charge in [-0.05, 0) is 56.0 Å². The van der Waals surface area contributed by atoms with Crippen LogP contribution in [0.2, 0.25) is 0 Å². The molecule has 2 rings (SSSR count). The summed E-state index contributed by atoms with van der Waals surface area (Å²) in [6.45, 7) is 7.24. The molecule has 23 heavy (non-hydrogen) atoms. The molecule has 1 heterocycles. The van der Waals surface area contributed by atoms with Crippen molar-refractivity contribution in [3.05, 3.63) is 53.3 Å². The van der Waals surface area contributed by atoms with E-state index >= 15 is 0 Å². The third-order valence-electron chi connectivity index (χ3n) is 3.87. The number of aliphatic carboxylic acids is 1. The Kier molecular flexibility index (Phi) is 7.89. The molecule has 0 N–H and O–H groups in total. The van der Waals surface area contributed by atoms with Gasteiger partial charge in [0.2, 0.25) is 0 Å². The minimum absolute atomic E-state index is 0. The van der Waals surface area contributed by atoms with Crippen molar-refractivity contribution in [2.24, 2.45) is 5.92 Å². The smallest absolute Gasteiger partial charge is 0.550 e. The molecule has 0 aliphatic carbocycles. The summed E-state index contributed by atoms with van der Waals surface area (Å²) < 4.78 is 7.97. The molecule has 1 aromatic carbocycles. The van der Waals surface area contributed by atoms with Crippen molar-refractivity contribution in [3.63, 3.8) is 0 Å².